The van der Waals surface area contributed by atoms with Gasteiger partial charge in [0, 0.05) is 0 Å². The minimum absolute atomic E-state index is 0.471. The van der Waals surface area contributed by atoms with Crippen molar-refractivity contribution in [3.05, 3.63) is 59.7 Å². The standard InChI is InChI=1S/C15H17BO4/c1-19-15-4-2-3-13(9-15)11-20-10-12-5-7-14(8-6-12)16(17)18/h2-9,17-18H,10-11H2,1H3. The maximum atomic E-state index is 9.00. The molecule has 0 bridgehead atoms. The third kappa shape index (κ3) is 4.10. The first kappa shape index (κ1) is 14.6. The number of hydrogen-bond donors (Lipinski definition) is 2. The zero-order valence-corrected chi connectivity index (χ0v) is 11.3. The van der Waals surface area contributed by atoms with Crippen LogP contribution in [0.1, 0.15) is 11.1 Å². The second-order valence-electron chi connectivity index (χ2n) is 4.46. The molecule has 0 atom stereocenters. The summed E-state index contributed by atoms with van der Waals surface area (Å²) in [5.74, 6) is 0.812. The SMILES string of the molecule is COc1cccc(COCc2ccc(B(O)O)cc2)c1. The predicted octanol–water partition coefficient (Wildman–Crippen LogP) is 1.09. The summed E-state index contributed by atoms with van der Waals surface area (Å²) in [6.07, 6.45) is 0. The molecule has 20 heavy (non-hydrogen) atoms. The minimum atomic E-state index is -1.43. The normalized spacial score (nSPS) is 10.3. The van der Waals surface area contributed by atoms with Crippen LogP contribution in [-0.4, -0.2) is 24.3 Å². The maximum absolute atomic E-state index is 9.00. The summed E-state index contributed by atoms with van der Waals surface area (Å²) in [7, 11) is 0.207. The molecule has 0 aliphatic heterocycles. The molecule has 0 aromatic heterocycles. The molecule has 0 aliphatic carbocycles. The van der Waals surface area contributed by atoms with Gasteiger partial charge in [-0.15, -0.1) is 0 Å². The lowest BCUT2D eigenvalue weighted by Crippen LogP contribution is -2.29. The van der Waals surface area contributed by atoms with Gasteiger partial charge in [-0.25, -0.2) is 0 Å². The van der Waals surface area contributed by atoms with Crippen LogP contribution in [0.25, 0.3) is 0 Å². The number of benzene rings is 2. The van der Waals surface area contributed by atoms with E-state index in [1.165, 1.54) is 0 Å². The van der Waals surface area contributed by atoms with Crippen molar-refractivity contribution in [3.63, 3.8) is 0 Å². The molecule has 104 valence electrons. The first-order chi connectivity index (χ1) is 9.69. The van der Waals surface area contributed by atoms with E-state index in [1.807, 2.05) is 36.4 Å². The van der Waals surface area contributed by atoms with Crippen LogP contribution in [0.15, 0.2) is 48.5 Å². The minimum Gasteiger partial charge on any atom is -0.497 e. The third-order valence-corrected chi connectivity index (χ3v) is 2.95. The van der Waals surface area contributed by atoms with E-state index < -0.39 is 7.12 Å². The Balaban J connectivity index is 1.86. The molecular formula is C15H17BO4. The fourth-order valence-corrected chi connectivity index (χ4v) is 1.83. The molecule has 0 radical (unpaired) electrons. The first-order valence-electron chi connectivity index (χ1n) is 6.34. The first-order valence-corrected chi connectivity index (χ1v) is 6.34. The average Bonchev–Trinajstić information content (AvgIpc) is 2.48. The second-order valence-corrected chi connectivity index (χ2v) is 4.46. The van der Waals surface area contributed by atoms with Gasteiger partial charge in [0.05, 0.1) is 20.3 Å². The Morgan fingerprint density at radius 1 is 0.950 bits per heavy atom. The summed E-state index contributed by atoms with van der Waals surface area (Å²) in [4.78, 5) is 0. The van der Waals surface area contributed by atoms with Gasteiger partial charge in [-0.1, -0.05) is 36.4 Å². The molecule has 2 N–H and O–H groups in total. The molecule has 0 saturated carbocycles. The zero-order valence-electron chi connectivity index (χ0n) is 11.3. The Hall–Kier alpha value is -1.82. The summed E-state index contributed by atoms with van der Waals surface area (Å²) in [5.41, 5.74) is 2.51. The van der Waals surface area contributed by atoms with Crippen LogP contribution in [0.2, 0.25) is 0 Å². The Bertz CT molecular complexity index is 540. The fraction of sp³-hybridized carbons (Fsp3) is 0.200. The topological polar surface area (TPSA) is 58.9 Å². The van der Waals surface area contributed by atoms with Gasteiger partial charge in [0.25, 0.3) is 0 Å². The summed E-state index contributed by atoms with van der Waals surface area (Å²) in [6, 6.07) is 14.7. The van der Waals surface area contributed by atoms with Crippen LogP contribution in [0.5, 0.6) is 5.75 Å². The van der Waals surface area contributed by atoms with Gasteiger partial charge < -0.3 is 19.5 Å². The highest BCUT2D eigenvalue weighted by molar-refractivity contribution is 6.58. The lowest BCUT2D eigenvalue weighted by atomic mass is 9.80. The van der Waals surface area contributed by atoms with Gasteiger partial charge >= 0.3 is 7.12 Å². The van der Waals surface area contributed by atoms with Crippen molar-refractivity contribution in [2.45, 2.75) is 13.2 Å². The van der Waals surface area contributed by atoms with Crippen molar-refractivity contribution in [1.82, 2.24) is 0 Å². The van der Waals surface area contributed by atoms with E-state index in [2.05, 4.69) is 0 Å². The smallest absolute Gasteiger partial charge is 0.488 e. The highest BCUT2D eigenvalue weighted by Gasteiger charge is 2.09. The number of methoxy groups -OCH3 is 1. The van der Waals surface area contributed by atoms with E-state index in [0.717, 1.165) is 16.9 Å². The fourth-order valence-electron chi connectivity index (χ4n) is 1.83. The largest absolute Gasteiger partial charge is 0.497 e. The quantitative estimate of drug-likeness (QED) is 0.773. The van der Waals surface area contributed by atoms with Crippen molar-refractivity contribution in [2.75, 3.05) is 7.11 Å². The van der Waals surface area contributed by atoms with E-state index in [0.29, 0.717) is 18.7 Å². The highest BCUT2D eigenvalue weighted by Crippen LogP contribution is 2.13. The number of hydrogen-bond acceptors (Lipinski definition) is 4. The molecule has 0 aliphatic rings. The Kier molecular flexibility index (Phi) is 5.18. The van der Waals surface area contributed by atoms with Crippen LogP contribution < -0.4 is 10.2 Å². The van der Waals surface area contributed by atoms with E-state index in [1.54, 1.807) is 19.2 Å². The molecule has 4 nitrogen and oxygen atoms in total. The molecule has 0 saturated heterocycles. The molecule has 2 aromatic rings. The molecule has 0 spiro atoms. The van der Waals surface area contributed by atoms with Gasteiger partial charge in [0.2, 0.25) is 0 Å². The van der Waals surface area contributed by atoms with Gasteiger partial charge in [-0.3, -0.25) is 0 Å². The predicted molar refractivity (Wildman–Crippen MR) is 77.8 cm³/mol. The van der Waals surface area contributed by atoms with Crippen LogP contribution in [0.3, 0.4) is 0 Å². The van der Waals surface area contributed by atoms with Crippen molar-refractivity contribution in [1.29, 1.82) is 0 Å². The van der Waals surface area contributed by atoms with E-state index >= 15 is 0 Å². The Labute approximate surface area is 118 Å². The molecule has 0 fully saturated rings. The van der Waals surface area contributed by atoms with Crippen LogP contribution >= 0.6 is 0 Å². The van der Waals surface area contributed by atoms with Gasteiger partial charge in [0.1, 0.15) is 5.75 Å². The molecule has 5 heteroatoms. The number of ether oxygens (including phenoxy) is 2. The van der Waals surface area contributed by atoms with Gasteiger partial charge in [-0.05, 0) is 28.7 Å². The summed E-state index contributed by atoms with van der Waals surface area (Å²) < 4.78 is 10.8. The third-order valence-electron chi connectivity index (χ3n) is 2.95. The van der Waals surface area contributed by atoms with Gasteiger partial charge in [0.15, 0.2) is 0 Å². The molecule has 2 rings (SSSR count). The van der Waals surface area contributed by atoms with Crippen molar-refractivity contribution in [3.8, 4) is 5.75 Å². The summed E-state index contributed by atoms with van der Waals surface area (Å²) in [5, 5.41) is 18.0. The summed E-state index contributed by atoms with van der Waals surface area (Å²) in [6.45, 7) is 0.973. The zero-order chi connectivity index (χ0) is 14.4. The van der Waals surface area contributed by atoms with E-state index in [-0.39, 0.29) is 0 Å². The van der Waals surface area contributed by atoms with E-state index in [4.69, 9.17) is 19.5 Å². The van der Waals surface area contributed by atoms with Gasteiger partial charge in [-0.2, -0.15) is 0 Å². The molecule has 0 amide bonds. The Morgan fingerprint density at radius 2 is 1.65 bits per heavy atom. The van der Waals surface area contributed by atoms with Crippen molar-refractivity contribution >= 4 is 12.6 Å². The summed E-state index contributed by atoms with van der Waals surface area (Å²) >= 11 is 0. The van der Waals surface area contributed by atoms with Crippen molar-refractivity contribution in [2.24, 2.45) is 0 Å². The molecule has 0 unspecified atom stereocenters. The average molecular weight is 272 g/mol. The number of rotatable bonds is 6. The van der Waals surface area contributed by atoms with Crippen LogP contribution in [-0.2, 0) is 18.0 Å². The van der Waals surface area contributed by atoms with Crippen LogP contribution in [0, 0.1) is 0 Å². The van der Waals surface area contributed by atoms with Crippen molar-refractivity contribution < 1.29 is 19.5 Å². The van der Waals surface area contributed by atoms with Crippen LogP contribution in [0.4, 0.5) is 0 Å². The maximum Gasteiger partial charge on any atom is 0.488 e. The molecule has 2 aromatic carbocycles. The molecular weight excluding hydrogens is 255 g/mol. The Morgan fingerprint density at radius 3 is 2.30 bits per heavy atom. The lowest BCUT2D eigenvalue weighted by molar-refractivity contribution is 0.107. The monoisotopic (exact) mass is 272 g/mol. The molecule has 0 heterocycles. The second kappa shape index (κ2) is 7.10. The highest BCUT2D eigenvalue weighted by atomic mass is 16.5. The lowest BCUT2D eigenvalue weighted by Gasteiger charge is -2.07. The van der Waals surface area contributed by atoms with E-state index in [9.17, 15) is 0 Å².